The Morgan fingerprint density at radius 3 is 1.90 bits per heavy atom. The third-order valence-corrected chi connectivity index (χ3v) is 4.92. The van der Waals surface area contributed by atoms with E-state index in [0.29, 0.717) is 16.1 Å². The first kappa shape index (κ1) is 22.5. The highest BCUT2D eigenvalue weighted by Crippen LogP contribution is 2.37. The Balaban J connectivity index is 1.98. The standard InChI is InChI=1S/C25H22ClFO4/c1-15-13-18(25(2,3)4)14-21(30-23(28)16-5-9-19(26)10-6-16)22(15)31-24(29)17-7-11-20(27)12-8-17/h5-14H,1-4H3. The number of carbonyl (C=O) groups excluding carboxylic acids is 2. The van der Waals surface area contributed by atoms with Crippen LogP contribution in [-0.2, 0) is 5.41 Å². The molecule has 0 saturated carbocycles. The lowest BCUT2D eigenvalue weighted by Crippen LogP contribution is -2.16. The van der Waals surface area contributed by atoms with Crippen LogP contribution in [0.4, 0.5) is 4.39 Å². The van der Waals surface area contributed by atoms with Gasteiger partial charge in [0.2, 0.25) is 0 Å². The number of benzene rings is 3. The minimum Gasteiger partial charge on any atom is -0.419 e. The van der Waals surface area contributed by atoms with Crippen LogP contribution in [0.5, 0.6) is 11.5 Å². The average molecular weight is 441 g/mol. The Bertz CT molecular complexity index is 1110. The summed E-state index contributed by atoms with van der Waals surface area (Å²) in [5, 5.41) is 0.496. The first-order valence-corrected chi connectivity index (χ1v) is 10.0. The van der Waals surface area contributed by atoms with Gasteiger partial charge in [-0.3, -0.25) is 0 Å². The van der Waals surface area contributed by atoms with Crippen LogP contribution >= 0.6 is 11.6 Å². The molecule has 0 aliphatic carbocycles. The molecule has 0 aliphatic heterocycles. The van der Waals surface area contributed by atoms with Crippen LogP contribution in [0.2, 0.25) is 5.02 Å². The summed E-state index contributed by atoms with van der Waals surface area (Å²) < 4.78 is 24.4. The molecule has 160 valence electrons. The number of hydrogen-bond acceptors (Lipinski definition) is 4. The van der Waals surface area contributed by atoms with Gasteiger partial charge >= 0.3 is 11.9 Å². The molecule has 0 heterocycles. The van der Waals surface area contributed by atoms with E-state index in [1.165, 1.54) is 24.3 Å². The summed E-state index contributed by atoms with van der Waals surface area (Å²) in [6, 6.07) is 14.9. The third-order valence-electron chi connectivity index (χ3n) is 4.66. The number of halogens is 2. The van der Waals surface area contributed by atoms with Crippen molar-refractivity contribution in [1.29, 1.82) is 0 Å². The van der Waals surface area contributed by atoms with Crippen LogP contribution in [0.25, 0.3) is 0 Å². The summed E-state index contributed by atoms with van der Waals surface area (Å²) >= 11 is 5.89. The molecule has 3 rings (SSSR count). The average Bonchev–Trinajstić information content (AvgIpc) is 2.70. The van der Waals surface area contributed by atoms with E-state index in [4.69, 9.17) is 21.1 Å². The van der Waals surface area contributed by atoms with Crippen LogP contribution in [0, 0.1) is 12.7 Å². The Morgan fingerprint density at radius 2 is 1.35 bits per heavy atom. The number of carbonyl (C=O) groups is 2. The number of ether oxygens (including phenoxy) is 2. The summed E-state index contributed by atoms with van der Waals surface area (Å²) in [6.45, 7) is 7.84. The Morgan fingerprint density at radius 1 is 0.839 bits per heavy atom. The van der Waals surface area contributed by atoms with Crippen LogP contribution in [-0.4, -0.2) is 11.9 Å². The van der Waals surface area contributed by atoms with E-state index in [0.717, 1.165) is 5.56 Å². The lowest BCUT2D eigenvalue weighted by molar-refractivity contribution is 0.0681. The molecular weight excluding hydrogens is 419 g/mol. The number of esters is 2. The van der Waals surface area contributed by atoms with E-state index in [1.54, 1.807) is 37.3 Å². The maximum absolute atomic E-state index is 13.2. The maximum atomic E-state index is 13.2. The third kappa shape index (κ3) is 5.50. The van der Waals surface area contributed by atoms with Gasteiger partial charge in [0.15, 0.2) is 11.5 Å². The maximum Gasteiger partial charge on any atom is 0.343 e. The highest BCUT2D eigenvalue weighted by molar-refractivity contribution is 6.30. The largest absolute Gasteiger partial charge is 0.419 e. The first-order valence-electron chi connectivity index (χ1n) is 9.65. The Hall–Kier alpha value is -3.18. The van der Waals surface area contributed by atoms with Crippen molar-refractivity contribution in [3.05, 3.63) is 93.8 Å². The van der Waals surface area contributed by atoms with E-state index < -0.39 is 17.8 Å². The molecule has 6 heteroatoms. The molecule has 31 heavy (non-hydrogen) atoms. The molecule has 0 bridgehead atoms. The Kier molecular flexibility index (Phi) is 6.46. The summed E-state index contributed by atoms with van der Waals surface area (Å²) in [5.41, 5.74) is 1.79. The number of aryl methyl sites for hydroxylation is 1. The summed E-state index contributed by atoms with van der Waals surface area (Å²) in [4.78, 5) is 25.3. The summed E-state index contributed by atoms with van der Waals surface area (Å²) in [6.07, 6.45) is 0. The highest BCUT2D eigenvalue weighted by Gasteiger charge is 2.23. The first-order chi connectivity index (χ1) is 14.5. The van der Waals surface area contributed by atoms with Crippen molar-refractivity contribution < 1.29 is 23.5 Å². The summed E-state index contributed by atoms with van der Waals surface area (Å²) in [7, 11) is 0. The molecule has 0 aliphatic rings. The highest BCUT2D eigenvalue weighted by atomic mass is 35.5. The molecule has 0 fully saturated rings. The molecule has 4 nitrogen and oxygen atoms in total. The zero-order chi connectivity index (χ0) is 22.8. The van der Waals surface area contributed by atoms with E-state index in [2.05, 4.69) is 0 Å². The number of hydrogen-bond donors (Lipinski definition) is 0. The molecule has 0 saturated heterocycles. The molecule has 0 atom stereocenters. The van der Waals surface area contributed by atoms with Crippen molar-refractivity contribution in [3.8, 4) is 11.5 Å². The van der Waals surface area contributed by atoms with Gasteiger partial charge in [0, 0.05) is 5.02 Å². The van der Waals surface area contributed by atoms with Gasteiger partial charge in [-0.15, -0.1) is 0 Å². The second-order valence-corrected chi connectivity index (χ2v) is 8.60. The van der Waals surface area contributed by atoms with Crippen LogP contribution in [0.15, 0.2) is 60.7 Å². The van der Waals surface area contributed by atoms with E-state index in [-0.39, 0.29) is 22.5 Å². The normalized spacial score (nSPS) is 11.2. The lowest BCUT2D eigenvalue weighted by Gasteiger charge is -2.22. The van der Waals surface area contributed by atoms with Gasteiger partial charge in [-0.2, -0.15) is 0 Å². The van der Waals surface area contributed by atoms with Gasteiger partial charge in [-0.1, -0.05) is 38.4 Å². The molecular formula is C25H22ClFO4. The smallest absolute Gasteiger partial charge is 0.343 e. The SMILES string of the molecule is Cc1cc(C(C)(C)C)cc(OC(=O)c2ccc(Cl)cc2)c1OC(=O)c1ccc(F)cc1. The topological polar surface area (TPSA) is 52.6 Å². The van der Waals surface area contributed by atoms with Crippen molar-refractivity contribution in [3.63, 3.8) is 0 Å². The summed E-state index contributed by atoms with van der Waals surface area (Å²) in [5.74, 6) is -1.50. The predicted octanol–water partition coefficient (Wildman–Crippen LogP) is 6.52. The van der Waals surface area contributed by atoms with Crippen molar-refractivity contribution in [2.45, 2.75) is 33.1 Å². The minimum atomic E-state index is -0.685. The lowest BCUT2D eigenvalue weighted by atomic mass is 9.86. The fraction of sp³-hybridized carbons (Fsp3) is 0.200. The van der Waals surface area contributed by atoms with Crippen molar-refractivity contribution >= 4 is 23.5 Å². The zero-order valence-corrected chi connectivity index (χ0v) is 18.4. The zero-order valence-electron chi connectivity index (χ0n) is 17.7. The van der Waals surface area contributed by atoms with Gasteiger partial charge in [0.25, 0.3) is 0 Å². The Labute approximate surface area is 185 Å². The molecule has 0 radical (unpaired) electrons. The van der Waals surface area contributed by atoms with Crippen molar-refractivity contribution in [2.24, 2.45) is 0 Å². The molecule has 3 aromatic rings. The minimum absolute atomic E-state index is 0.125. The van der Waals surface area contributed by atoms with Crippen LogP contribution < -0.4 is 9.47 Å². The monoisotopic (exact) mass is 440 g/mol. The van der Waals surface area contributed by atoms with Crippen molar-refractivity contribution in [1.82, 2.24) is 0 Å². The van der Waals surface area contributed by atoms with E-state index in [1.807, 2.05) is 26.8 Å². The van der Waals surface area contributed by atoms with Crippen LogP contribution in [0.3, 0.4) is 0 Å². The fourth-order valence-corrected chi connectivity index (χ4v) is 2.99. The van der Waals surface area contributed by atoms with E-state index in [9.17, 15) is 14.0 Å². The van der Waals surface area contributed by atoms with Gasteiger partial charge in [0.1, 0.15) is 5.82 Å². The predicted molar refractivity (Wildman–Crippen MR) is 118 cm³/mol. The fourth-order valence-electron chi connectivity index (χ4n) is 2.86. The molecule has 0 amide bonds. The van der Waals surface area contributed by atoms with Gasteiger partial charge in [-0.05, 0) is 78.1 Å². The van der Waals surface area contributed by atoms with Crippen molar-refractivity contribution in [2.75, 3.05) is 0 Å². The van der Waals surface area contributed by atoms with E-state index >= 15 is 0 Å². The molecule has 0 spiro atoms. The molecule has 3 aromatic carbocycles. The molecule has 0 unspecified atom stereocenters. The van der Waals surface area contributed by atoms with Gasteiger partial charge in [0.05, 0.1) is 11.1 Å². The quantitative estimate of drug-likeness (QED) is 0.342. The molecule has 0 aromatic heterocycles. The van der Waals surface area contributed by atoms with Gasteiger partial charge in [-0.25, -0.2) is 14.0 Å². The van der Waals surface area contributed by atoms with Crippen LogP contribution in [0.1, 0.15) is 52.6 Å². The number of rotatable bonds is 4. The second-order valence-electron chi connectivity index (χ2n) is 8.16. The molecule has 0 N–H and O–H groups in total. The van der Waals surface area contributed by atoms with Gasteiger partial charge < -0.3 is 9.47 Å². The second kappa shape index (κ2) is 8.90.